The van der Waals surface area contributed by atoms with E-state index in [0.717, 1.165) is 11.1 Å². The summed E-state index contributed by atoms with van der Waals surface area (Å²) in [5.74, 6) is -0.447. The minimum Gasteiger partial charge on any atom is -0.448 e. The Morgan fingerprint density at radius 1 is 1.12 bits per heavy atom. The van der Waals surface area contributed by atoms with Gasteiger partial charge in [-0.25, -0.2) is 9.48 Å². The number of benzene rings is 2. The van der Waals surface area contributed by atoms with E-state index in [9.17, 15) is 14.4 Å². The van der Waals surface area contributed by atoms with E-state index in [1.54, 1.807) is 25.3 Å². The Morgan fingerprint density at radius 2 is 1.84 bits per heavy atom. The molecule has 218 valence electrons. The smallest absolute Gasteiger partial charge is 0.356 e. The molecule has 0 spiro atoms. The second-order valence-corrected chi connectivity index (χ2v) is 11.7. The maximum absolute atomic E-state index is 14.0. The molecule has 43 heavy (non-hydrogen) atoms. The van der Waals surface area contributed by atoms with Gasteiger partial charge >= 0.3 is 5.97 Å². The van der Waals surface area contributed by atoms with E-state index >= 15 is 0 Å². The number of hydrogen-bond donors (Lipinski definition) is 1. The van der Waals surface area contributed by atoms with E-state index in [2.05, 4.69) is 26.0 Å². The number of nitrogens with one attached hydrogen (secondary N) is 1. The van der Waals surface area contributed by atoms with Crippen molar-refractivity contribution >= 4 is 47.4 Å². The number of ether oxygens (including phenoxy) is 1. The molecule has 2 aromatic carbocycles. The zero-order chi connectivity index (χ0) is 29.8. The summed E-state index contributed by atoms with van der Waals surface area (Å²) >= 11 is 2.64. The molecule has 2 aliphatic heterocycles. The highest BCUT2D eigenvalue weighted by Gasteiger charge is 2.54. The Hall–Kier alpha value is -4.69. The fraction of sp³-hybridized carbons (Fsp3) is 0.207. The number of aryl methyl sites for hydroxylation is 1. The van der Waals surface area contributed by atoms with E-state index in [4.69, 9.17) is 9.26 Å². The molecular formula is C29H25N7O5S2. The Kier molecular flexibility index (Phi) is 8.38. The Bertz CT molecular complexity index is 1640. The first-order valence-corrected chi connectivity index (χ1v) is 15.2. The third kappa shape index (κ3) is 6.10. The van der Waals surface area contributed by atoms with Crippen LogP contribution in [0.15, 0.2) is 99.9 Å². The number of amides is 2. The molecule has 14 heteroatoms. The number of allylic oxidation sites excluding steroid dienone is 1. The lowest BCUT2D eigenvalue weighted by Gasteiger charge is -2.49. The first-order chi connectivity index (χ1) is 21.0. The maximum atomic E-state index is 14.0. The number of hydrogen-bond acceptors (Lipinski definition) is 11. The van der Waals surface area contributed by atoms with Crippen LogP contribution in [0.25, 0.3) is 6.08 Å². The summed E-state index contributed by atoms with van der Waals surface area (Å²) < 4.78 is 12.4. The van der Waals surface area contributed by atoms with Crippen molar-refractivity contribution in [2.45, 2.75) is 22.5 Å². The first kappa shape index (κ1) is 28.4. The lowest BCUT2D eigenvalue weighted by molar-refractivity contribution is -0.154. The minimum absolute atomic E-state index is 0.0635. The standard InChI is InChI=1S/C29H25N7O5S2/c1-35-21(31-33-34-35)13-12-20-16-43-28-24(30-22(37)17-42-23-14-15-40-32-23)27(38)36(28)25(20)29(39)41-26(18-8-4-2-5-9-18)19-10-6-3-7-11-19/h2-15,24,26,28H,16-17H2,1H3,(H,30,37)/t24?,28-/m1/s1. The van der Waals surface area contributed by atoms with Gasteiger partial charge in [-0.2, -0.15) is 0 Å². The molecule has 0 aliphatic carbocycles. The average molecular weight is 616 g/mol. The van der Waals surface area contributed by atoms with E-state index in [-0.39, 0.29) is 17.4 Å². The van der Waals surface area contributed by atoms with Gasteiger partial charge in [0.25, 0.3) is 5.91 Å². The molecule has 0 radical (unpaired) electrons. The molecule has 2 aromatic heterocycles. The molecule has 4 heterocycles. The van der Waals surface area contributed by atoms with E-state index in [0.29, 0.717) is 22.2 Å². The van der Waals surface area contributed by atoms with Crippen molar-refractivity contribution in [3.8, 4) is 0 Å². The van der Waals surface area contributed by atoms with Crippen molar-refractivity contribution < 1.29 is 23.6 Å². The number of nitrogens with zero attached hydrogens (tertiary/aromatic N) is 6. The monoisotopic (exact) mass is 615 g/mol. The van der Waals surface area contributed by atoms with Crippen LogP contribution in [-0.4, -0.2) is 71.0 Å². The number of carbonyl (C=O) groups excluding carboxylic acids is 3. The molecule has 1 N–H and O–H groups in total. The quantitative estimate of drug-likeness (QED) is 0.160. The molecule has 2 atom stereocenters. The molecule has 0 saturated carbocycles. The van der Waals surface area contributed by atoms with Gasteiger partial charge in [-0.3, -0.25) is 14.5 Å². The molecular weight excluding hydrogens is 590 g/mol. The van der Waals surface area contributed by atoms with Gasteiger partial charge in [-0.15, -0.1) is 16.9 Å². The summed E-state index contributed by atoms with van der Waals surface area (Å²) in [5, 5.41) is 18.1. The summed E-state index contributed by atoms with van der Waals surface area (Å²) in [6.07, 6.45) is 4.12. The van der Waals surface area contributed by atoms with Crippen LogP contribution in [0.3, 0.4) is 0 Å². The van der Waals surface area contributed by atoms with Gasteiger partial charge < -0.3 is 14.6 Å². The fourth-order valence-electron chi connectivity index (χ4n) is 4.69. The van der Waals surface area contributed by atoms with Crippen LogP contribution in [-0.2, 0) is 26.2 Å². The summed E-state index contributed by atoms with van der Waals surface area (Å²) in [5.41, 5.74) is 2.28. The predicted molar refractivity (Wildman–Crippen MR) is 158 cm³/mol. The normalized spacial score (nSPS) is 18.1. The molecule has 6 rings (SSSR count). The lowest BCUT2D eigenvalue weighted by atomic mass is 10.0. The number of carbonyl (C=O) groups is 3. The van der Waals surface area contributed by atoms with Crippen molar-refractivity contribution in [3.63, 3.8) is 0 Å². The number of β-lactam (4-membered cyclic amide) rings is 1. The topological polar surface area (TPSA) is 145 Å². The summed E-state index contributed by atoms with van der Waals surface area (Å²) in [7, 11) is 1.70. The third-order valence-corrected chi connectivity index (χ3v) is 9.00. The van der Waals surface area contributed by atoms with Gasteiger partial charge in [-0.05, 0) is 33.2 Å². The second-order valence-electron chi connectivity index (χ2n) is 9.56. The summed E-state index contributed by atoms with van der Waals surface area (Å²) in [6, 6.07) is 19.7. The predicted octanol–water partition coefficient (Wildman–Crippen LogP) is 2.99. The Balaban J connectivity index is 1.27. The van der Waals surface area contributed by atoms with E-state index < -0.39 is 29.4 Å². The molecule has 1 saturated heterocycles. The van der Waals surface area contributed by atoms with Gasteiger partial charge in [-0.1, -0.05) is 83.7 Å². The van der Waals surface area contributed by atoms with Crippen LogP contribution in [0.1, 0.15) is 23.1 Å². The molecule has 12 nitrogen and oxygen atoms in total. The van der Waals surface area contributed by atoms with Gasteiger partial charge in [0.1, 0.15) is 28.4 Å². The Labute approximate surface area is 254 Å². The van der Waals surface area contributed by atoms with Crippen molar-refractivity contribution in [2.24, 2.45) is 7.05 Å². The van der Waals surface area contributed by atoms with E-state index in [1.807, 2.05) is 60.7 Å². The van der Waals surface area contributed by atoms with Crippen molar-refractivity contribution in [1.82, 2.24) is 35.6 Å². The summed E-state index contributed by atoms with van der Waals surface area (Å²) in [4.78, 5) is 41.6. The van der Waals surface area contributed by atoms with Crippen molar-refractivity contribution in [2.75, 3.05) is 11.5 Å². The van der Waals surface area contributed by atoms with Crippen LogP contribution in [0.5, 0.6) is 0 Å². The van der Waals surface area contributed by atoms with Gasteiger partial charge in [0, 0.05) is 18.9 Å². The fourth-order valence-corrected chi connectivity index (χ4v) is 6.62. The number of tetrazole rings is 1. The van der Waals surface area contributed by atoms with Gasteiger partial charge in [0.05, 0.1) is 5.75 Å². The lowest BCUT2D eigenvalue weighted by Crippen LogP contribution is -2.70. The van der Waals surface area contributed by atoms with Crippen LogP contribution >= 0.6 is 23.5 Å². The van der Waals surface area contributed by atoms with Crippen LogP contribution in [0, 0.1) is 0 Å². The molecule has 1 fully saturated rings. The number of aromatic nitrogens is 5. The highest BCUT2D eigenvalue weighted by molar-refractivity contribution is 8.00. The molecule has 1 unspecified atom stereocenters. The maximum Gasteiger partial charge on any atom is 0.356 e. The summed E-state index contributed by atoms with van der Waals surface area (Å²) in [6.45, 7) is 0. The average Bonchev–Trinajstić information content (AvgIpc) is 3.72. The number of esters is 1. The molecule has 2 aliphatic rings. The molecule has 2 amide bonds. The number of fused-ring (bicyclic) bond motifs is 1. The molecule has 4 aromatic rings. The molecule has 0 bridgehead atoms. The number of thioether (sulfide) groups is 2. The Morgan fingerprint density at radius 3 is 2.47 bits per heavy atom. The van der Waals surface area contributed by atoms with Gasteiger partial charge in [0.15, 0.2) is 11.9 Å². The van der Waals surface area contributed by atoms with E-state index in [1.165, 1.54) is 39.4 Å². The second kappa shape index (κ2) is 12.7. The number of rotatable bonds is 10. The largest absolute Gasteiger partial charge is 0.448 e. The highest BCUT2D eigenvalue weighted by Crippen LogP contribution is 2.42. The SMILES string of the molecule is Cn1nnnc1C=CC1=C(C(=O)OC(c2ccccc2)c2ccccc2)N2C(=O)C(NC(=O)CSc3ccon3)[C@H]2SC1. The van der Waals surface area contributed by atoms with Crippen molar-refractivity contribution in [1.29, 1.82) is 0 Å². The third-order valence-electron chi connectivity index (χ3n) is 6.79. The van der Waals surface area contributed by atoms with Crippen LogP contribution < -0.4 is 5.32 Å². The zero-order valence-electron chi connectivity index (χ0n) is 22.8. The van der Waals surface area contributed by atoms with Crippen LogP contribution in [0.4, 0.5) is 0 Å². The van der Waals surface area contributed by atoms with Gasteiger partial charge in [0.2, 0.25) is 5.91 Å². The zero-order valence-corrected chi connectivity index (χ0v) is 24.4. The first-order valence-electron chi connectivity index (χ1n) is 13.2. The highest BCUT2D eigenvalue weighted by atomic mass is 32.2. The van der Waals surface area contributed by atoms with Crippen LogP contribution in [0.2, 0.25) is 0 Å². The minimum atomic E-state index is -0.786. The van der Waals surface area contributed by atoms with Crippen molar-refractivity contribution in [3.05, 3.63) is 107 Å².